The summed E-state index contributed by atoms with van der Waals surface area (Å²) in [4.78, 5) is 0. The Morgan fingerprint density at radius 2 is 1.31 bits per heavy atom. The van der Waals surface area contributed by atoms with Crippen LogP contribution in [0.4, 0.5) is 0 Å². The molecular formula is C8H13Cl4P. The second-order valence-electron chi connectivity index (χ2n) is 1.77. The normalized spacial score (nSPS) is 7.15. The van der Waals surface area contributed by atoms with E-state index in [2.05, 4.69) is 21.4 Å². The highest BCUT2D eigenvalue weighted by Crippen LogP contribution is 2.01. The van der Waals surface area contributed by atoms with Crippen LogP contribution in [-0.4, -0.2) is 0 Å². The fraction of sp³-hybridized carbons (Fsp3) is 0. The largest absolute Gasteiger partial charge is 0.147 e. The van der Waals surface area contributed by atoms with E-state index in [0.29, 0.717) is 0 Å². The minimum Gasteiger partial charge on any atom is -0.147 e. The van der Waals surface area contributed by atoms with Gasteiger partial charge in [0.15, 0.2) is 0 Å². The molecule has 0 aliphatic heterocycles. The monoisotopic (exact) mass is 280 g/mol. The Hall–Kier alpha value is 0.550. The highest BCUT2D eigenvalue weighted by molar-refractivity contribution is 7.21. The second-order valence-corrected chi connectivity index (χ2v) is 2.15. The molecule has 1 rings (SSSR count). The maximum atomic E-state index is 2.55. The van der Waals surface area contributed by atoms with Gasteiger partial charge >= 0.3 is 0 Å². The average molecular weight is 282 g/mol. The molecule has 78 valence electrons. The average Bonchev–Trinajstić information content (AvgIpc) is 1.91. The number of hydrogen-bond acceptors (Lipinski definition) is 0. The standard InChI is InChI=1S/C8H9P.4ClH/c9-7-6-8-4-2-1-3-5-8;;;;/h1-7H,9H2;4*1H. The van der Waals surface area contributed by atoms with Gasteiger partial charge in [-0.05, 0) is 5.56 Å². The fourth-order valence-electron chi connectivity index (χ4n) is 0.675. The molecule has 13 heavy (non-hydrogen) atoms. The lowest BCUT2D eigenvalue weighted by molar-refractivity contribution is 1.67. The summed E-state index contributed by atoms with van der Waals surface area (Å²) >= 11 is 0. The molecule has 1 atom stereocenters. The van der Waals surface area contributed by atoms with Crippen LogP contribution in [-0.2, 0) is 0 Å². The molecule has 0 aliphatic rings. The van der Waals surface area contributed by atoms with Gasteiger partial charge in [0.05, 0.1) is 0 Å². The van der Waals surface area contributed by atoms with Gasteiger partial charge in [0.2, 0.25) is 0 Å². The Bertz CT molecular complexity index is 201. The fourth-order valence-corrected chi connectivity index (χ4v) is 0.897. The molecule has 0 radical (unpaired) electrons. The van der Waals surface area contributed by atoms with Crippen LogP contribution in [0, 0.1) is 0 Å². The van der Waals surface area contributed by atoms with Gasteiger partial charge in [0.1, 0.15) is 0 Å². The van der Waals surface area contributed by atoms with E-state index in [1.54, 1.807) is 0 Å². The Labute approximate surface area is 106 Å². The summed E-state index contributed by atoms with van der Waals surface area (Å²) in [7, 11) is 2.55. The number of hydrogen-bond donors (Lipinski definition) is 0. The summed E-state index contributed by atoms with van der Waals surface area (Å²) in [5.74, 6) is 1.95. The smallest absolute Gasteiger partial charge is 0.0256 e. The van der Waals surface area contributed by atoms with Gasteiger partial charge in [-0.25, -0.2) is 0 Å². The van der Waals surface area contributed by atoms with Crippen LogP contribution in [0.5, 0.6) is 0 Å². The predicted octanol–water partition coefficient (Wildman–Crippen LogP) is 4.22. The SMILES string of the molecule is Cl.Cl.Cl.Cl.PC=Cc1ccccc1. The summed E-state index contributed by atoms with van der Waals surface area (Å²) in [6.07, 6.45) is 2.05. The quantitative estimate of drug-likeness (QED) is 0.676. The summed E-state index contributed by atoms with van der Waals surface area (Å²) in [5.41, 5.74) is 1.24. The molecule has 0 aliphatic carbocycles. The molecule has 1 aromatic rings. The zero-order valence-corrected chi connectivity index (χ0v) is 11.2. The lowest BCUT2D eigenvalue weighted by Crippen LogP contribution is -1.64. The van der Waals surface area contributed by atoms with E-state index in [0.717, 1.165) is 0 Å². The van der Waals surface area contributed by atoms with Crippen LogP contribution in [0.25, 0.3) is 6.08 Å². The molecule has 1 unspecified atom stereocenters. The van der Waals surface area contributed by atoms with Crippen molar-refractivity contribution in [2.24, 2.45) is 0 Å². The second kappa shape index (κ2) is 15.0. The molecule has 0 saturated heterocycles. The molecule has 0 fully saturated rings. The van der Waals surface area contributed by atoms with E-state index in [1.165, 1.54) is 5.56 Å². The van der Waals surface area contributed by atoms with Crippen molar-refractivity contribution < 1.29 is 0 Å². The van der Waals surface area contributed by atoms with Gasteiger partial charge in [0.25, 0.3) is 0 Å². The molecule has 0 amide bonds. The third kappa shape index (κ3) is 10.5. The first-order valence-electron chi connectivity index (χ1n) is 2.87. The highest BCUT2D eigenvalue weighted by Gasteiger charge is 1.77. The van der Waals surface area contributed by atoms with E-state index in [9.17, 15) is 0 Å². The third-order valence-corrected chi connectivity index (χ3v) is 1.28. The molecule has 0 aromatic heterocycles. The van der Waals surface area contributed by atoms with Crippen LogP contribution in [0.2, 0.25) is 0 Å². The van der Waals surface area contributed by atoms with Crippen molar-refractivity contribution in [2.75, 3.05) is 0 Å². The first-order chi connectivity index (χ1) is 4.43. The first-order valence-corrected chi connectivity index (χ1v) is 3.53. The number of benzene rings is 1. The van der Waals surface area contributed by atoms with Crippen molar-refractivity contribution in [3.05, 3.63) is 41.7 Å². The van der Waals surface area contributed by atoms with Gasteiger partial charge in [-0.15, -0.1) is 58.9 Å². The third-order valence-electron chi connectivity index (χ3n) is 1.09. The molecule has 0 N–H and O–H groups in total. The zero-order valence-electron chi connectivity index (χ0n) is 6.75. The lowest BCUT2D eigenvalue weighted by Gasteiger charge is -1.86. The maximum Gasteiger partial charge on any atom is -0.0256 e. The minimum atomic E-state index is 0. The highest BCUT2D eigenvalue weighted by atomic mass is 35.5. The molecule has 0 nitrogen and oxygen atoms in total. The lowest BCUT2D eigenvalue weighted by atomic mass is 10.2. The van der Waals surface area contributed by atoms with Crippen LogP contribution in [0.1, 0.15) is 5.56 Å². The number of rotatable bonds is 1. The Morgan fingerprint density at radius 3 is 1.69 bits per heavy atom. The van der Waals surface area contributed by atoms with Crippen molar-refractivity contribution >= 4 is 64.9 Å². The van der Waals surface area contributed by atoms with Crippen LogP contribution < -0.4 is 0 Å². The summed E-state index contributed by atoms with van der Waals surface area (Å²) in [5, 5.41) is 0. The molecular weight excluding hydrogens is 269 g/mol. The molecule has 0 saturated carbocycles. The predicted molar refractivity (Wildman–Crippen MR) is 74.2 cm³/mol. The summed E-state index contributed by atoms with van der Waals surface area (Å²) in [6.45, 7) is 0. The van der Waals surface area contributed by atoms with E-state index in [4.69, 9.17) is 0 Å². The van der Waals surface area contributed by atoms with Crippen molar-refractivity contribution in [1.29, 1.82) is 0 Å². The Morgan fingerprint density at radius 1 is 0.846 bits per heavy atom. The Balaban J connectivity index is -0.000000101. The molecule has 0 spiro atoms. The van der Waals surface area contributed by atoms with Gasteiger partial charge in [-0.2, -0.15) is 0 Å². The van der Waals surface area contributed by atoms with Gasteiger partial charge < -0.3 is 0 Å². The maximum absolute atomic E-state index is 2.55. The van der Waals surface area contributed by atoms with E-state index in [1.807, 2.05) is 30.1 Å². The summed E-state index contributed by atoms with van der Waals surface area (Å²) in [6, 6.07) is 10.2. The van der Waals surface area contributed by atoms with Crippen molar-refractivity contribution in [3.63, 3.8) is 0 Å². The Kier molecular flexibility index (Phi) is 27.1. The number of halogens is 4. The van der Waals surface area contributed by atoms with Gasteiger partial charge in [-0.1, -0.05) is 42.2 Å². The molecule has 0 bridgehead atoms. The van der Waals surface area contributed by atoms with E-state index < -0.39 is 0 Å². The van der Waals surface area contributed by atoms with Crippen molar-refractivity contribution in [3.8, 4) is 0 Å². The first kappa shape index (κ1) is 23.4. The molecule has 5 heteroatoms. The van der Waals surface area contributed by atoms with Crippen molar-refractivity contribution in [1.82, 2.24) is 0 Å². The zero-order chi connectivity index (χ0) is 6.53. The van der Waals surface area contributed by atoms with Gasteiger partial charge in [0, 0.05) is 0 Å². The topological polar surface area (TPSA) is 0 Å². The van der Waals surface area contributed by atoms with Gasteiger partial charge in [-0.3, -0.25) is 0 Å². The molecule has 0 heterocycles. The molecule has 1 aromatic carbocycles. The van der Waals surface area contributed by atoms with E-state index >= 15 is 0 Å². The van der Waals surface area contributed by atoms with Crippen molar-refractivity contribution in [2.45, 2.75) is 0 Å². The van der Waals surface area contributed by atoms with Crippen LogP contribution in [0.15, 0.2) is 36.1 Å². The van der Waals surface area contributed by atoms with Crippen LogP contribution >= 0.6 is 58.9 Å². The van der Waals surface area contributed by atoms with Crippen LogP contribution in [0.3, 0.4) is 0 Å². The summed E-state index contributed by atoms with van der Waals surface area (Å²) < 4.78 is 0. The minimum absolute atomic E-state index is 0. The van der Waals surface area contributed by atoms with E-state index in [-0.39, 0.29) is 49.6 Å².